The molecule has 1 aromatic carbocycles. The SMILES string of the molecule is CC(Oc1c(Cl)cc(Cl)cc1C=O)C(=O)N1CCOCC1. The summed E-state index contributed by atoms with van der Waals surface area (Å²) in [6.07, 6.45) is -0.153. The Morgan fingerprint density at radius 2 is 2.05 bits per heavy atom. The van der Waals surface area contributed by atoms with E-state index in [1.807, 2.05) is 0 Å². The second-order valence-electron chi connectivity index (χ2n) is 4.62. The van der Waals surface area contributed by atoms with Gasteiger partial charge in [0.05, 0.1) is 23.8 Å². The second-order valence-corrected chi connectivity index (χ2v) is 5.47. The number of hydrogen-bond donors (Lipinski definition) is 0. The van der Waals surface area contributed by atoms with Crippen LogP contribution < -0.4 is 4.74 Å². The highest BCUT2D eigenvalue weighted by atomic mass is 35.5. The number of morpholine rings is 1. The smallest absolute Gasteiger partial charge is 0.263 e. The molecule has 1 aromatic rings. The molecule has 0 saturated carbocycles. The van der Waals surface area contributed by atoms with Gasteiger partial charge in [0.15, 0.2) is 12.4 Å². The molecule has 1 heterocycles. The number of aldehydes is 1. The minimum atomic E-state index is -0.750. The molecule has 0 spiro atoms. The zero-order valence-electron chi connectivity index (χ0n) is 11.5. The van der Waals surface area contributed by atoms with E-state index in [1.165, 1.54) is 12.1 Å². The molecule has 7 heteroatoms. The molecule has 1 saturated heterocycles. The van der Waals surface area contributed by atoms with Gasteiger partial charge in [-0.2, -0.15) is 0 Å². The van der Waals surface area contributed by atoms with Gasteiger partial charge >= 0.3 is 0 Å². The molecule has 1 fully saturated rings. The predicted molar refractivity (Wildman–Crippen MR) is 79.3 cm³/mol. The third-order valence-electron chi connectivity index (χ3n) is 3.13. The number of benzene rings is 1. The van der Waals surface area contributed by atoms with Crippen molar-refractivity contribution in [1.82, 2.24) is 4.90 Å². The van der Waals surface area contributed by atoms with E-state index in [1.54, 1.807) is 11.8 Å². The van der Waals surface area contributed by atoms with Crippen LogP contribution in [-0.4, -0.2) is 49.5 Å². The normalized spacial score (nSPS) is 16.4. The highest BCUT2D eigenvalue weighted by molar-refractivity contribution is 6.36. The number of carbonyl (C=O) groups excluding carboxylic acids is 2. The van der Waals surface area contributed by atoms with Crippen LogP contribution >= 0.6 is 23.2 Å². The summed E-state index contributed by atoms with van der Waals surface area (Å²) in [5, 5.41) is 0.535. The van der Waals surface area contributed by atoms with E-state index in [4.69, 9.17) is 32.7 Å². The maximum absolute atomic E-state index is 12.3. The fourth-order valence-electron chi connectivity index (χ4n) is 2.06. The van der Waals surface area contributed by atoms with Gasteiger partial charge in [-0.15, -0.1) is 0 Å². The highest BCUT2D eigenvalue weighted by Gasteiger charge is 2.25. The Bertz CT molecular complexity index is 544. The first-order chi connectivity index (χ1) is 10.0. The van der Waals surface area contributed by atoms with Crippen molar-refractivity contribution in [2.45, 2.75) is 13.0 Å². The van der Waals surface area contributed by atoms with Crippen molar-refractivity contribution in [2.75, 3.05) is 26.3 Å². The first-order valence-electron chi connectivity index (χ1n) is 6.50. The molecule has 1 atom stereocenters. The summed E-state index contributed by atoms with van der Waals surface area (Å²) in [5.41, 5.74) is 0.217. The molecule has 2 rings (SSSR count). The summed E-state index contributed by atoms with van der Waals surface area (Å²) in [6, 6.07) is 2.92. The number of halogens is 2. The molecule has 0 aromatic heterocycles. The third-order valence-corrected chi connectivity index (χ3v) is 3.63. The Kier molecular flexibility index (Phi) is 5.45. The molecule has 0 radical (unpaired) electrons. The Morgan fingerprint density at radius 3 is 2.67 bits per heavy atom. The van der Waals surface area contributed by atoms with Crippen molar-refractivity contribution in [3.8, 4) is 5.75 Å². The number of nitrogens with zero attached hydrogens (tertiary/aromatic N) is 1. The number of amides is 1. The Hall–Kier alpha value is -1.30. The fraction of sp³-hybridized carbons (Fsp3) is 0.429. The Labute approximate surface area is 132 Å². The van der Waals surface area contributed by atoms with Crippen LogP contribution in [0.4, 0.5) is 0 Å². The van der Waals surface area contributed by atoms with E-state index in [9.17, 15) is 9.59 Å². The Balaban J connectivity index is 2.13. The van der Waals surface area contributed by atoms with Gasteiger partial charge in [-0.3, -0.25) is 9.59 Å². The van der Waals surface area contributed by atoms with Crippen LogP contribution in [-0.2, 0) is 9.53 Å². The average molecular weight is 332 g/mol. The molecule has 0 bridgehead atoms. The van der Waals surface area contributed by atoms with Gasteiger partial charge in [0.25, 0.3) is 5.91 Å². The van der Waals surface area contributed by atoms with Crippen LogP contribution in [0.1, 0.15) is 17.3 Å². The molecule has 21 heavy (non-hydrogen) atoms. The number of carbonyl (C=O) groups is 2. The average Bonchev–Trinajstić information content (AvgIpc) is 2.49. The lowest BCUT2D eigenvalue weighted by molar-refractivity contribution is -0.142. The highest BCUT2D eigenvalue weighted by Crippen LogP contribution is 2.32. The molecule has 114 valence electrons. The van der Waals surface area contributed by atoms with Gasteiger partial charge in [-0.25, -0.2) is 0 Å². The van der Waals surface area contributed by atoms with E-state index in [0.717, 1.165) is 0 Å². The second kappa shape index (κ2) is 7.11. The van der Waals surface area contributed by atoms with Crippen LogP contribution in [0.15, 0.2) is 12.1 Å². The van der Waals surface area contributed by atoms with Crippen molar-refractivity contribution < 1.29 is 19.1 Å². The summed E-state index contributed by atoms with van der Waals surface area (Å²) >= 11 is 11.9. The molecule has 1 amide bonds. The van der Waals surface area contributed by atoms with Gasteiger partial charge in [-0.1, -0.05) is 23.2 Å². The van der Waals surface area contributed by atoms with Crippen LogP contribution in [0.25, 0.3) is 0 Å². The largest absolute Gasteiger partial charge is 0.479 e. The molecule has 1 aliphatic heterocycles. The fourth-order valence-corrected chi connectivity index (χ4v) is 2.61. The number of rotatable bonds is 4. The molecule has 0 aliphatic carbocycles. The van der Waals surface area contributed by atoms with E-state index >= 15 is 0 Å². The summed E-state index contributed by atoms with van der Waals surface area (Å²) in [7, 11) is 0. The minimum absolute atomic E-state index is 0.166. The van der Waals surface area contributed by atoms with Crippen molar-refractivity contribution in [1.29, 1.82) is 0 Å². The van der Waals surface area contributed by atoms with E-state index < -0.39 is 6.10 Å². The van der Waals surface area contributed by atoms with Gasteiger partial charge in [0, 0.05) is 18.1 Å². The van der Waals surface area contributed by atoms with Crippen LogP contribution in [0.3, 0.4) is 0 Å². The zero-order valence-corrected chi connectivity index (χ0v) is 13.0. The van der Waals surface area contributed by atoms with Gasteiger partial charge < -0.3 is 14.4 Å². The molecule has 0 N–H and O–H groups in total. The lowest BCUT2D eigenvalue weighted by atomic mass is 10.2. The van der Waals surface area contributed by atoms with Crippen molar-refractivity contribution in [3.63, 3.8) is 0 Å². The van der Waals surface area contributed by atoms with E-state index in [0.29, 0.717) is 37.6 Å². The molecular weight excluding hydrogens is 317 g/mol. The van der Waals surface area contributed by atoms with Crippen molar-refractivity contribution in [3.05, 3.63) is 27.7 Å². The third kappa shape index (κ3) is 3.87. The van der Waals surface area contributed by atoms with Gasteiger partial charge in [0.1, 0.15) is 5.75 Å². The van der Waals surface area contributed by atoms with Gasteiger partial charge in [-0.05, 0) is 19.1 Å². The van der Waals surface area contributed by atoms with E-state index in [-0.39, 0.29) is 22.2 Å². The first kappa shape index (κ1) is 16.1. The summed E-state index contributed by atoms with van der Waals surface area (Å²) in [5.74, 6) is 0.00587. The molecule has 1 aliphatic rings. The topological polar surface area (TPSA) is 55.8 Å². The summed E-state index contributed by atoms with van der Waals surface area (Å²) < 4.78 is 10.8. The maximum Gasteiger partial charge on any atom is 0.263 e. The van der Waals surface area contributed by atoms with Crippen LogP contribution in [0.5, 0.6) is 5.75 Å². The molecule has 5 nitrogen and oxygen atoms in total. The first-order valence-corrected chi connectivity index (χ1v) is 7.26. The van der Waals surface area contributed by atoms with E-state index in [2.05, 4.69) is 0 Å². The number of hydrogen-bond acceptors (Lipinski definition) is 4. The van der Waals surface area contributed by atoms with Crippen molar-refractivity contribution >= 4 is 35.4 Å². The lowest BCUT2D eigenvalue weighted by Crippen LogP contribution is -2.46. The quantitative estimate of drug-likeness (QED) is 0.795. The van der Waals surface area contributed by atoms with Crippen LogP contribution in [0, 0.1) is 0 Å². The Morgan fingerprint density at radius 1 is 1.38 bits per heavy atom. The lowest BCUT2D eigenvalue weighted by Gasteiger charge is -2.29. The molecular formula is C14H15Cl2NO4. The van der Waals surface area contributed by atoms with Gasteiger partial charge in [0.2, 0.25) is 0 Å². The number of ether oxygens (including phenoxy) is 2. The zero-order chi connectivity index (χ0) is 15.4. The molecule has 1 unspecified atom stereocenters. The summed E-state index contributed by atoms with van der Waals surface area (Å²) in [4.78, 5) is 25.0. The monoisotopic (exact) mass is 331 g/mol. The summed E-state index contributed by atoms with van der Waals surface area (Å²) in [6.45, 7) is 3.71. The maximum atomic E-state index is 12.3. The van der Waals surface area contributed by atoms with Crippen molar-refractivity contribution in [2.24, 2.45) is 0 Å². The predicted octanol–water partition coefficient (Wildman–Crippen LogP) is 2.43. The van der Waals surface area contributed by atoms with Crippen LogP contribution in [0.2, 0.25) is 10.0 Å². The standard InChI is InChI=1S/C14H15Cl2NO4/c1-9(14(19)17-2-4-20-5-3-17)21-13-10(8-18)6-11(15)7-12(13)16/h6-9H,2-5H2,1H3. The minimum Gasteiger partial charge on any atom is -0.479 e.